The van der Waals surface area contributed by atoms with E-state index in [1.807, 2.05) is 0 Å². The lowest BCUT2D eigenvalue weighted by Gasteiger charge is -2.33. The molecule has 2 saturated carbocycles. The normalized spacial score (nSPS) is 32.3. The average molecular weight is 412 g/mol. The number of hydrogen-bond donors (Lipinski definition) is 1. The maximum atomic E-state index is 13.2. The van der Waals surface area contributed by atoms with E-state index in [-0.39, 0.29) is 17.8 Å². The zero-order valence-electron chi connectivity index (χ0n) is 14.4. The summed E-state index contributed by atoms with van der Waals surface area (Å²) in [4.78, 5) is 35.7. The molecule has 0 amide bonds. The monoisotopic (exact) mass is 412 g/mol. The zero-order chi connectivity index (χ0) is 20.4. The van der Waals surface area contributed by atoms with Crippen molar-refractivity contribution in [1.82, 2.24) is 0 Å². The largest absolute Gasteiger partial charge is 0.465 e. The lowest BCUT2D eigenvalue weighted by Crippen LogP contribution is -2.45. The summed E-state index contributed by atoms with van der Waals surface area (Å²) < 4.78 is 70.8. The Morgan fingerprint density at radius 2 is 1.93 bits per heavy atom. The first kappa shape index (κ1) is 19.9. The Kier molecular flexibility index (Phi) is 4.31. The lowest BCUT2D eigenvalue weighted by atomic mass is 9.86. The van der Waals surface area contributed by atoms with Gasteiger partial charge in [-0.05, 0) is 32.6 Å². The molecular formula is C15H18F2O9S. The molecule has 3 fully saturated rings. The van der Waals surface area contributed by atoms with Gasteiger partial charge in [-0.15, -0.1) is 0 Å². The third kappa shape index (κ3) is 3.08. The van der Waals surface area contributed by atoms with E-state index in [1.54, 1.807) is 0 Å². The van der Waals surface area contributed by atoms with Crippen LogP contribution < -0.4 is 0 Å². The molecule has 4 unspecified atom stereocenters. The molecule has 0 spiro atoms. The summed E-state index contributed by atoms with van der Waals surface area (Å²) in [6, 6.07) is 0. The molecule has 1 N–H and O–H groups in total. The number of alkyl halides is 2. The minimum atomic E-state index is -6.01. The van der Waals surface area contributed by atoms with Gasteiger partial charge in [0.2, 0.25) is 0 Å². The summed E-state index contributed by atoms with van der Waals surface area (Å²) in [5.74, 6) is -5.70. The molecule has 0 radical (unpaired) electrons. The summed E-state index contributed by atoms with van der Waals surface area (Å²) in [6.07, 6.45) is 1.70. The highest BCUT2D eigenvalue weighted by Gasteiger charge is 2.68. The summed E-state index contributed by atoms with van der Waals surface area (Å²) in [7, 11) is -6.01. The Morgan fingerprint density at radius 1 is 1.30 bits per heavy atom. The molecule has 152 valence electrons. The number of carbonyl (C=O) groups excluding carboxylic acids is 3. The van der Waals surface area contributed by atoms with Crippen LogP contribution in [0.3, 0.4) is 0 Å². The zero-order valence-corrected chi connectivity index (χ0v) is 15.3. The van der Waals surface area contributed by atoms with Gasteiger partial charge in [-0.25, -0.2) is 4.79 Å². The van der Waals surface area contributed by atoms with E-state index >= 15 is 0 Å². The Balaban J connectivity index is 1.65. The van der Waals surface area contributed by atoms with Gasteiger partial charge in [-0.3, -0.25) is 14.1 Å². The minimum absolute atomic E-state index is 0.189. The van der Waals surface area contributed by atoms with E-state index in [0.717, 1.165) is 0 Å². The maximum Gasteiger partial charge on any atom is 0.465 e. The fraction of sp³-hybridized carbons (Fsp3) is 0.800. The van der Waals surface area contributed by atoms with E-state index < -0.39 is 51.1 Å². The topological polar surface area (TPSA) is 133 Å². The van der Waals surface area contributed by atoms with Crippen LogP contribution in [0.25, 0.3) is 0 Å². The minimum Gasteiger partial charge on any atom is -0.459 e. The van der Waals surface area contributed by atoms with Gasteiger partial charge in [0.25, 0.3) is 5.79 Å². The predicted octanol–water partition coefficient (Wildman–Crippen LogP) is 0.879. The highest BCUT2D eigenvalue weighted by Crippen LogP contribution is 2.61. The van der Waals surface area contributed by atoms with E-state index in [2.05, 4.69) is 4.74 Å². The van der Waals surface area contributed by atoms with Gasteiger partial charge in [-0.1, -0.05) is 0 Å². The molecule has 4 atom stereocenters. The van der Waals surface area contributed by atoms with Crippen LogP contribution in [0.5, 0.6) is 0 Å². The molecule has 2 bridgehead atoms. The summed E-state index contributed by atoms with van der Waals surface area (Å²) >= 11 is 0. The van der Waals surface area contributed by atoms with Crippen LogP contribution in [0.1, 0.15) is 33.1 Å². The van der Waals surface area contributed by atoms with Crippen LogP contribution in [0, 0.1) is 23.2 Å². The van der Waals surface area contributed by atoms with Gasteiger partial charge in [0.05, 0.1) is 17.3 Å². The van der Waals surface area contributed by atoms with Gasteiger partial charge in [0.15, 0.2) is 0 Å². The van der Waals surface area contributed by atoms with E-state index in [0.29, 0.717) is 19.3 Å². The Hall–Kier alpha value is -1.82. The van der Waals surface area contributed by atoms with Crippen molar-refractivity contribution in [2.45, 2.75) is 44.2 Å². The number of ether oxygens (including phenoxy) is 3. The molecule has 1 aliphatic heterocycles. The molecule has 27 heavy (non-hydrogen) atoms. The molecule has 0 aromatic carbocycles. The van der Waals surface area contributed by atoms with Crippen LogP contribution in [-0.4, -0.2) is 48.5 Å². The van der Waals surface area contributed by atoms with Crippen molar-refractivity contribution in [3.63, 3.8) is 0 Å². The van der Waals surface area contributed by atoms with Gasteiger partial charge in [0.1, 0.15) is 6.61 Å². The van der Waals surface area contributed by atoms with Crippen molar-refractivity contribution >= 4 is 28.0 Å². The van der Waals surface area contributed by atoms with Crippen molar-refractivity contribution in [3.8, 4) is 0 Å². The second kappa shape index (κ2) is 5.84. The number of carbonyl (C=O) groups is 3. The quantitative estimate of drug-likeness (QED) is 0.498. The standard InChI is InChI=1S/C15H18F2O9S/c1-13(2,6-24-12(20)15(16,17)27(21,22)23)11(19)26-14-5-7-3-8(9(14)4-7)10(18)25-14/h7-9H,3-6H2,1-2H3,(H,21,22,23). The van der Waals surface area contributed by atoms with Gasteiger partial charge in [-0.2, -0.15) is 17.2 Å². The number of hydrogen-bond acceptors (Lipinski definition) is 8. The van der Waals surface area contributed by atoms with Crippen LogP contribution in [0.4, 0.5) is 8.78 Å². The predicted molar refractivity (Wildman–Crippen MR) is 80.5 cm³/mol. The van der Waals surface area contributed by atoms with Crippen molar-refractivity contribution in [2.75, 3.05) is 6.61 Å². The van der Waals surface area contributed by atoms with Crippen molar-refractivity contribution in [3.05, 3.63) is 0 Å². The third-order valence-electron chi connectivity index (χ3n) is 5.32. The molecular weight excluding hydrogens is 394 g/mol. The summed E-state index contributed by atoms with van der Waals surface area (Å²) in [6.45, 7) is 1.52. The molecule has 9 nitrogen and oxygen atoms in total. The third-order valence-corrected chi connectivity index (χ3v) is 6.13. The SMILES string of the molecule is CC(C)(COC(=O)C(F)(F)S(=O)(=O)O)C(=O)OC12CC3CC(C(=O)O1)C2C3. The molecule has 3 aliphatic rings. The van der Waals surface area contributed by atoms with E-state index in [4.69, 9.17) is 14.0 Å². The van der Waals surface area contributed by atoms with Crippen molar-refractivity contribution in [2.24, 2.45) is 23.2 Å². The van der Waals surface area contributed by atoms with E-state index in [9.17, 15) is 31.6 Å². The lowest BCUT2D eigenvalue weighted by molar-refractivity contribution is -0.230. The Bertz CT molecular complexity index is 806. The first-order chi connectivity index (χ1) is 12.2. The number of esters is 3. The highest BCUT2D eigenvalue weighted by atomic mass is 32.2. The fourth-order valence-electron chi connectivity index (χ4n) is 3.90. The molecule has 1 saturated heterocycles. The summed E-state index contributed by atoms with van der Waals surface area (Å²) in [5, 5.41) is -5.16. The average Bonchev–Trinajstić information content (AvgIpc) is 3.12. The molecule has 0 aromatic heterocycles. The van der Waals surface area contributed by atoms with Crippen LogP contribution in [0.15, 0.2) is 0 Å². The summed E-state index contributed by atoms with van der Waals surface area (Å²) in [5.41, 5.74) is -1.63. The smallest absolute Gasteiger partial charge is 0.459 e. The molecule has 2 aliphatic carbocycles. The maximum absolute atomic E-state index is 13.2. The van der Waals surface area contributed by atoms with E-state index in [1.165, 1.54) is 13.8 Å². The Morgan fingerprint density at radius 3 is 2.48 bits per heavy atom. The number of rotatable bonds is 6. The van der Waals surface area contributed by atoms with Crippen LogP contribution in [0.2, 0.25) is 0 Å². The van der Waals surface area contributed by atoms with Crippen molar-refractivity contribution < 1.29 is 50.3 Å². The molecule has 1 heterocycles. The van der Waals surface area contributed by atoms with Crippen LogP contribution >= 0.6 is 0 Å². The number of fused-ring (bicyclic) bond motifs is 1. The van der Waals surface area contributed by atoms with Crippen molar-refractivity contribution in [1.29, 1.82) is 0 Å². The first-order valence-electron chi connectivity index (χ1n) is 8.18. The Labute approximate surface area is 153 Å². The van der Waals surface area contributed by atoms with Crippen LogP contribution in [-0.2, 0) is 38.7 Å². The van der Waals surface area contributed by atoms with Gasteiger partial charge in [0, 0.05) is 6.42 Å². The second-order valence-electron chi connectivity index (χ2n) is 7.83. The van der Waals surface area contributed by atoms with Gasteiger partial charge < -0.3 is 14.2 Å². The highest BCUT2D eigenvalue weighted by molar-refractivity contribution is 7.87. The first-order valence-corrected chi connectivity index (χ1v) is 9.62. The molecule has 3 rings (SSSR count). The molecule has 12 heteroatoms. The number of halogens is 2. The second-order valence-corrected chi connectivity index (χ2v) is 9.29. The fourth-order valence-corrected chi connectivity index (χ4v) is 4.17. The molecule has 0 aromatic rings. The van der Waals surface area contributed by atoms with Gasteiger partial charge >= 0.3 is 33.3 Å².